The molecule has 0 aliphatic heterocycles. The SMILES string of the molecule is CCC(NC(=O)c1ccc(Cl)cc1)c1ccc(OC)cc1. The van der Waals surface area contributed by atoms with Gasteiger partial charge in [-0.2, -0.15) is 0 Å². The summed E-state index contributed by atoms with van der Waals surface area (Å²) in [6.45, 7) is 2.04. The third kappa shape index (κ3) is 3.99. The summed E-state index contributed by atoms with van der Waals surface area (Å²) in [6, 6.07) is 14.6. The normalized spacial score (nSPS) is 11.8. The van der Waals surface area contributed by atoms with Gasteiger partial charge >= 0.3 is 0 Å². The Hall–Kier alpha value is -2.00. The number of rotatable bonds is 5. The van der Waals surface area contributed by atoms with Gasteiger partial charge in [0.15, 0.2) is 0 Å². The zero-order valence-electron chi connectivity index (χ0n) is 12.1. The van der Waals surface area contributed by atoms with Crippen LogP contribution >= 0.6 is 11.6 Å². The van der Waals surface area contributed by atoms with Gasteiger partial charge in [0.05, 0.1) is 13.2 Å². The van der Waals surface area contributed by atoms with Crippen molar-refractivity contribution in [2.45, 2.75) is 19.4 Å². The predicted octanol–water partition coefficient (Wildman–Crippen LogP) is 4.23. The van der Waals surface area contributed by atoms with Crippen LogP contribution in [0.25, 0.3) is 0 Å². The molecule has 2 aromatic rings. The van der Waals surface area contributed by atoms with Crippen LogP contribution in [0.2, 0.25) is 5.02 Å². The van der Waals surface area contributed by atoms with Gasteiger partial charge in [-0.05, 0) is 48.4 Å². The number of carbonyl (C=O) groups excluding carboxylic acids is 1. The smallest absolute Gasteiger partial charge is 0.251 e. The van der Waals surface area contributed by atoms with Crippen LogP contribution in [0.5, 0.6) is 5.75 Å². The quantitative estimate of drug-likeness (QED) is 0.897. The molecule has 0 fully saturated rings. The molecule has 3 nitrogen and oxygen atoms in total. The van der Waals surface area contributed by atoms with Gasteiger partial charge in [-0.15, -0.1) is 0 Å². The van der Waals surface area contributed by atoms with Crippen molar-refractivity contribution in [2.24, 2.45) is 0 Å². The topological polar surface area (TPSA) is 38.3 Å². The number of halogens is 1. The Kier molecular flexibility index (Phi) is 5.23. The van der Waals surface area contributed by atoms with Gasteiger partial charge in [0.1, 0.15) is 5.75 Å². The van der Waals surface area contributed by atoms with Crippen LogP contribution in [0.1, 0.15) is 35.3 Å². The van der Waals surface area contributed by atoms with Gasteiger partial charge in [0, 0.05) is 10.6 Å². The van der Waals surface area contributed by atoms with E-state index in [1.165, 1.54) is 0 Å². The molecule has 21 heavy (non-hydrogen) atoms. The van der Waals surface area contributed by atoms with Crippen molar-refractivity contribution in [3.63, 3.8) is 0 Å². The summed E-state index contributed by atoms with van der Waals surface area (Å²) >= 11 is 5.83. The first-order valence-corrected chi connectivity index (χ1v) is 7.22. The molecule has 4 heteroatoms. The zero-order chi connectivity index (χ0) is 15.2. The molecule has 0 aromatic heterocycles. The number of nitrogens with one attached hydrogen (secondary N) is 1. The predicted molar refractivity (Wildman–Crippen MR) is 84.9 cm³/mol. The number of hydrogen-bond donors (Lipinski definition) is 1. The van der Waals surface area contributed by atoms with Crippen molar-refractivity contribution in [3.05, 3.63) is 64.7 Å². The maximum absolute atomic E-state index is 12.2. The maximum Gasteiger partial charge on any atom is 0.251 e. The Balaban J connectivity index is 2.10. The number of methoxy groups -OCH3 is 1. The van der Waals surface area contributed by atoms with Gasteiger partial charge in [-0.25, -0.2) is 0 Å². The first kappa shape index (κ1) is 15.4. The molecule has 0 saturated heterocycles. The molecule has 0 aliphatic carbocycles. The minimum atomic E-state index is -0.102. The fourth-order valence-corrected chi connectivity index (χ4v) is 2.23. The highest BCUT2D eigenvalue weighted by molar-refractivity contribution is 6.30. The van der Waals surface area contributed by atoms with Crippen LogP contribution in [-0.4, -0.2) is 13.0 Å². The molecule has 2 aromatic carbocycles. The molecule has 0 bridgehead atoms. The molecule has 0 spiro atoms. The number of carbonyl (C=O) groups is 1. The average Bonchev–Trinajstić information content (AvgIpc) is 2.53. The lowest BCUT2D eigenvalue weighted by molar-refractivity contribution is 0.0935. The van der Waals surface area contributed by atoms with E-state index in [1.54, 1.807) is 31.4 Å². The second kappa shape index (κ2) is 7.14. The molecular formula is C17H18ClNO2. The second-order valence-electron chi connectivity index (χ2n) is 4.71. The molecule has 0 saturated carbocycles. The van der Waals surface area contributed by atoms with E-state index >= 15 is 0 Å². The summed E-state index contributed by atoms with van der Waals surface area (Å²) < 4.78 is 5.14. The van der Waals surface area contributed by atoms with Gasteiger partial charge in [-0.3, -0.25) is 4.79 Å². The fraction of sp³-hybridized carbons (Fsp3) is 0.235. The number of hydrogen-bond acceptors (Lipinski definition) is 2. The van der Waals surface area contributed by atoms with Crippen LogP contribution in [0, 0.1) is 0 Å². The van der Waals surface area contributed by atoms with E-state index in [9.17, 15) is 4.79 Å². The fourth-order valence-electron chi connectivity index (χ4n) is 2.10. The van der Waals surface area contributed by atoms with Gasteiger partial charge in [-0.1, -0.05) is 30.7 Å². The highest BCUT2D eigenvalue weighted by atomic mass is 35.5. The van der Waals surface area contributed by atoms with Crippen molar-refractivity contribution in [3.8, 4) is 5.75 Å². The monoisotopic (exact) mass is 303 g/mol. The van der Waals surface area contributed by atoms with Crippen molar-refractivity contribution in [1.82, 2.24) is 5.32 Å². The lowest BCUT2D eigenvalue weighted by Gasteiger charge is -2.18. The van der Waals surface area contributed by atoms with Crippen LogP contribution in [0.15, 0.2) is 48.5 Å². The van der Waals surface area contributed by atoms with E-state index in [2.05, 4.69) is 5.32 Å². The van der Waals surface area contributed by atoms with Crippen LogP contribution in [0.3, 0.4) is 0 Å². The molecule has 1 unspecified atom stereocenters. The minimum absolute atomic E-state index is 0.0286. The van der Waals surface area contributed by atoms with Crippen LogP contribution < -0.4 is 10.1 Å². The largest absolute Gasteiger partial charge is 0.497 e. The van der Waals surface area contributed by atoms with E-state index in [1.807, 2.05) is 31.2 Å². The number of ether oxygens (including phenoxy) is 1. The van der Waals surface area contributed by atoms with Gasteiger partial charge in [0.2, 0.25) is 0 Å². The van der Waals surface area contributed by atoms with Crippen molar-refractivity contribution in [2.75, 3.05) is 7.11 Å². The summed E-state index contributed by atoms with van der Waals surface area (Å²) in [5, 5.41) is 3.65. The lowest BCUT2D eigenvalue weighted by atomic mass is 10.0. The third-order valence-corrected chi connectivity index (χ3v) is 3.59. The first-order valence-electron chi connectivity index (χ1n) is 6.84. The van der Waals surface area contributed by atoms with E-state index in [4.69, 9.17) is 16.3 Å². The van der Waals surface area contributed by atoms with Crippen molar-refractivity contribution < 1.29 is 9.53 Å². The molecule has 1 N–H and O–H groups in total. The first-order chi connectivity index (χ1) is 10.1. The Morgan fingerprint density at radius 3 is 2.29 bits per heavy atom. The van der Waals surface area contributed by atoms with E-state index in [0.29, 0.717) is 10.6 Å². The average molecular weight is 304 g/mol. The summed E-state index contributed by atoms with van der Waals surface area (Å²) in [6.07, 6.45) is 0.811. The Morgan fingerprint density at radius 2 is 1.76 bits per heavy atom. The van der Waals surface area contributed by atoms with Crippen LogP contribution in [0.4, 0.5) is 0 Å². The van der Waals surface area contributed by atoms with Crippen molar-refractivity contribution >= 4 is 17.5 Å². The maximum atomic E-state index is 12.2. The highest BCUT2D eigenvalue weighted by Gasteiger charge is 2.14. The summed E-state index contributed by atoms with van der Waals surface area (Å²) in [4.78, 5) is 12.2. The summed E-state index contributed by atoms with van der Waals surface area (Å²) in [5.74, 6) is 0.701. The molecule has 1 amide bonds. The van der Waals surface area contributed by atoms with Crippen molar-refractivity contribution in [1.29, 1.82) is 0 Å². The standard InChI is InChI=1S/C17H18ClNO2/c1-3-16(12-6-10-15(21-2)11-7-12)19-17(20)13-4-8-14(18)9-5-13/h4-11,16H,3H2,1-2H3,(H,19,20). The Bertz CT molecular complexity index is 593. The molecule has 2 rings (SSSR count). The summed E-state index contributed by atoms with van der Waals surface area (Å²) in [5.41, 5.74) is 1.66. The molecule has 1 atom stereocenters. The highest BCUT2D eigenvalue weighted by Crippen LogP contribution is 2.20. The molecule has 110 valence electrons. The second-order valence-corrected chi connectivity index (χ2v) is 5.15. The minimum Gasteiger partial charge on any atom is -0.497 e. The van der Waals surface area contributed by atoms with Gasteiger partial charge in [0.25, 0.3) is 5.91 Å². The number of benzene rings is 2. The van der Waals surface area contributed by atoms with Gasteiger partial charge < -0.3 is 10.1 Å². The molecular weight excluding hydrogens is 286 g/mol. The number of amides is 1. The molecule has 0 heterocycles. The van der Waals surface area contributed by atoms with Crippen LogP contribution in [-0.2, 0) is 0 Å². The Morgan fingerprint density at radius 1 is 1.14 bits per heavy atom. The summed E-state index contributed by atoms with van der Waals surface area (Å²) in [7, 11) is 1.63. The lowest BCUT2D eigenvalue weighted by Crippen LogP contribution is -2.28. The molecule has 0 radical (unpaired) electrons. The van der Waals surface area contributed by atoms with E-state index < -0.39 is 0 Å². The zero-order valence-corrected chi connectivity index (χ0v) is 12.9. The third-order valence-electron chi connectivity index (χ3n) is 3.34. The van der Waals surface area contributed by atoms with E-state index in [-0.39, 0.29) is 11.9 Å². The van der Waals surface area contributed by atoms with E-state index in [0.717, 1.165) is 17.7 Å². The Labute approximate surface area is 129 Å². The molecule has 0 aliphatic rings.